The minimum Gasteiger partial charge on any atom is -0.452 e. The quantitative estimate of drug-likeness (QED) is 0.190. The molecule has 0 fully saturated rings. The van der Waals surface area contributed by atoms with Gasteiger partial charge in [-0.1, -0.05) is 111 Å². The monoisotopic (exact) mass is 614 g/mol. The molecule has 0 bridgehead atoms. The molecule has 226 valence electrons. The Morgan fingerprint density at radius 3 is 1.60 bits per heavy atom. The number of fused-ring (bicyclic) bond motifs is 14. The maximum absolute atomic E-state index is 7.21. The lowest BCUT2D eigenvalue weighted by molar-refractivity contribution is 0.660. The second-order valence-electron chi connectivity index (χ2n) is 13.7. The van der Waals surface area contributed by atoms with Crippen molar-refractivity contribution < 1.29 is 4.42 Å². The summed E-state index contributed by atoms with van der Waals surface area (Å²) in [4.78, 5) is 0. The second kappa shape index (κ2) is 9.05. The molecule has 11 rings (SSSR count). The molecule has 7 aromatic carbocycles. The summed E-state index contributed by atoms with van der Waals surface area (Å²) in [5.41, 5.74) is 14.0. The summed E-state index contributed by atoms with van der Waals surface area (Å²) in [6.45, 7) is 4.70. The van der Waals surface area contributed by atoms with E-state index in [9.17, 15) is 0 Å². The number of hydrogen-bond donors (Lipinski definition) is 0. The van der Waals surface area contributed by atoms with E-state index in [1.54, 1.807) is 0 Å². The van der Waals surface area contributed by atoms with Crippen molar-refractivity contribution in [3.63, 3.8) is 0 Å². The predicted octanol–water partition coefficient (Wildman–Crippen LogP) is 12.1. The van der Waals surface area contributed by atoms with Crippen molar-refractivity contribution in [3.8, 4) is 22.5 Å². The molecule has 0 spiro atoms. The summed E-state index contributed by atoms with van der Waals surface area (Å²) in [5, 5.41) is 7.09. The van der Waals surface area contributed by atoms with E-state index in [2.05, 4.69) is 169 Å². The van der Waals surface area contributed by atoms with Crippen LogP contribution in [-0.2, 0) is 5.41 Å². The van der Waals surface area contributed by atoms with Gasteiger partial charge in [0.15, 0.2) is 11.2 Å². The molecule has 0 radical (unpaired) electrons. The molecule has 48 heavy (non-hydrogen) atoms. The number of nitrogens with zero attached hydrogens (tertiary/aromatic N) is 2. The summed E-state index contributed by atoms with van der Waals surface area (Å²) in [6.07, 6.45) is 0. The Hall–Kier alpha value is -6.06. The molecule has 0 saturated heterocycles. The highest BCUT2D eigenvalue weighted by molar-refractivity contribution is 6.26. The smallest absolute Gasteiger partial charge is 0.160 e. The molecule has 1 aliphatic rings. The first-order valence-corrected chi connectivity index (χ1v) is 16.7. The van der Waals surface area contributed by atoms with Gasteiger partial charge in [0.25, 0.3) is 0 Å². The third kappa shape index (κ3) is 3.18. The Bertz CT molecular complexity index is 2970. The van der Waals surface area contributed by atoms with Crippen LogP contribution in [0.5, 0.6) is 0 Å². The van der Waals surface area contributed by atoms with Gasteiger partial charge in [-0.05, 0) is 70.8 Å². The number of furan rings is 1. The molecule has 1 aliphatic carbocycles. The lowest BCUT2D eigenvalue weighted by Crippen LogP contribution is -2.15. The van der Waals surface area contributed by atoms with Crippen LogP contribution >= 0.6 is 0 Å². The molecule has 3 nitrogen and oxygen atoms in total. The maximum atomic E-state index is 7.21. The SMILES string of the molecule is CC1(C)c2ccccc2-c2ccc(-n3c4ccccc4c4ccc5c6ccc7c8ccccc8n(-c8ccccc8)c7c6oc5c43)cc21. The van der Waals surface area contributed by atoms with E-state index < -0.39 is 0 Å². The summed E-state index contributed by atoms with van der Waals surface area (Å²) in [5.74, 6) is 0. The maximum Gasteiger partial charge on any atom is 0.160 e. The third-order valence-corrected chi connectivity index (χ3v) is 10.9. The topological polar surface area (TPSA) is 23.0 Å². The van der Waals surface area contributed by atoms with Gasteiger partial charge in [0.1, 0.15) is 0 Å². The van der Waals surface area contributed by atoms with Crippen molar-refractivity contribution in [2.24, 2.45) is 0 Å². The average Bonchev–Trinajstić information content (AvgIpc) is 3.84. The Morgan fingerprint density at radius 2 is 0.938 bits per heavy atom. The van der Waals surface area contributed by atoms with Crippen molar-refractivity contribution in [1.29, 1.82) is 0 Å². The highest BCUT2D eigenvalue weighted by atomic mass is 16.3. The molecule has 0 atom stereocenters. The number of benzene rings is 7. The fraction of sp³-hybridized carbons (Fsp3) is 0.0667. The average molecular weight is 615 g/mol. The fourth-order valence-electron chi connectivity index (χ4n) is 8.73. The van der Waals surface area contributed by atoms with Crippen LogP contribution in [-0.4, -0.2) is 9.13 Å². The molecule has 3 heteroatoms. The highest BCUT2D eigenvalue weighted by Gasteiger charge is 2.35. The van der Waals surface area contributed by atoms with Crippen LogP contribution in [0.1, 0.15) is 25.0 Å². The zero-order valence-corrected chi connectivity index (χ0v) is 26.7. The largest absolute Gasteiger partial charge is 0.452 e. The Balaban J connectivity index is 1.27. The molecule has 0 unspecified atom stereocenters. The Morgan fingerprint density at radius 1 is 0.417 bits per heavy atom. The fourth-order valence-corrected chi connectivity index (χ4v) is 8.73. The van der Waals surface area contributed by atoms with Crippen LogP contribution in [0.25, 0.3) is 88.1 Å². The van der Waals surface area contributed by atoms with E-state index in [4.69, 9.17) is 4.42 Å². The number of rotatable bonds is 2. The van der Waals surface area contributed by atoms with Gasteiger partial charge in [-0.3, -0.25) is 0 Å². The number of aromatic nitrogens is 2. The molecule has 10 aromatic rings. The van der Waals surface area contributed by atoms with Crippen LogP contribution in [0.3, 0.4) is 0 Å². The van der Waals surface area contributed by atoms with Crippen LogP contribution < -0.4 is 0 Å². The van der Waals surface area contributed by atoms with Crippen molar-refractivity contribution in [3.05, 3.63) is 157 Å². The van der Waals surface area contributed by atoms with Crippen molar-refractivity contribution >= 4 is 65.6 Å². The first-order chi connectivity index (χ1) is 23.6. The normalized spacial score (nSPS) is 13.8. The molecule has 3 aromatic heterocycles. The number of para-hydroxylation sites is 3. The van der Waals surface area contributed by atoms with Gasteiger partial charge >= 0.3 is 0 Å². The summed E-state index contributed by atoms with van der Waals surface area (Å²) >= 11 is 0. The minimum absolute atomic E-state index is 0.0914. The zero-order chi connectivity index (χ0) is 31.7. The van der Waals surface area contributed by atoms with Crippen LogP contribution in [0.2, 0.25) is 0 Å². The van der Waals surface area contributed by atoms with Gasteiger partial charge in [-0.2, -0.15) is 0 Å². The molecule has 0 N–H and O–H groups in total. The molecular formula is C45H30N2O. The first kappa shape index (κ1) is 26.1. The summed E-state index contributed by atoms with van der Waals surface area (Å²) < 4.78 is 12.0. The van der Waals surface area contributed by atoms with Crippen molar-refractivity contribution in [2.75, 3.05) is 0 Å². The van der Waals surface area contributed by atoms with Crippen molar-refractivity contribution in [1.82, 2.24) is 9.13 Å². The predicted molar refractivity (Wildman–Crippen MR) is 200 cm³/mol. The summed E-state index contributed by atoms with van der Waals surface area (Å²) in [7, 11) is 0. The minimum atomic E-state index is -0.0914. The van der Waals surface area contributed by atoms with E-state index >= 15 is 0 Å². The second-order valence-corrected chi connectivity index (χ2v) is 13.7. The highest BCUT2D eigenvalue weighted by Crippen LogP contribution is 2.50. The molecule has 0 amide bonds. The van der Waals surface area contributed by atoms with Gasteiger partial charge in [-0.25, -0.2) is 0 Å². The number of hydrogen-bond acceptors (Lipinski definition) is 1. The Labute approximate surface area is 276 Å². The summed E-state index contributed by atoms with van der Waals surface area (Å²) in [6, 6.07) is 53.0. The van der Waals surface area contributed by atoms with Crippen LogP contribution in [0.4, 0.5) is 0 Å². The molecule has 0 aliphatic heterocycles. The molecule has 0 saturated carbocycles. The van der Waals surface area contributed by atoms with Gasteiger partial charge < -0.3 is 13.6 Å². The first-order valence-electron chi connectivity index (χ1n) is 16.7. The van der Waals surface area contributed by atoms with Gasteiger partial charge in [0.2, 0.25) is 0 Å². The Kier molecular flexibility index (Phi) is 4.91. The van der Waals surface area contributed by atoms with Crippen LogP contribution in [0, 0.1) is 0 Å². The van der Waals surface area contributed by atoms with Gasteiger partial charge in [0, 0.05) is 49.1 Å². The van der Waals surface area contributed by atoms with Gasteiger partial charge in [-0.15, -0.1) is 0 Å². The third-order valence-electron chi connectivity index (χ3n) is 10.9. The van der Waals surface area contributed by atoms with E-state index in [1.807, 2.05) is 0 Å². The molecule has 3 heterocycles. The van der Waals surface area contributed by atoms with E-state index in [0.29, 0.717) is 0 Å². The van der Waals surface area contributed by atoms with Crippen LogP contribution in [0.15, 0.2) is 150 Å². The lowest BCUT2D eigenvalue weighted by Gasteiger charge is -2.22. The molecular weight excluding hydrogens is 585 g/mol. The lowest BCUT2D eigenvalue weighted by atomic mass is 9.82. The van der Waals surface area contributed by atoms with E-state index in [1.165, 1.54) is 54.8 Å². The van der Waals surface area contributed by atoms with E-state index in [-0.39, 0.29) is 5.41 Å². The van der Waals surface area contributed by atoms with Crippen molar-refractivity contribution in [2.45, 2.75) is 19.3 Å². The standard InChI is InChI=1S/C45H30N2O/c1-45(2)37-17-9-6-14-29(37)30-21-20-28(26-38(30)45)47-40-19-11-8-16-32(40)34-23-25-36-35-24-22-33-31-15-7-10-18-39(31)46(27-12-4-3-5-13-27)41(33)43(35)48-44(36)42(34)47/h3-26H,1-2H3. The zero-order valence-electron chi connectivity index (χ0n) is 26.7. The van der Waals surface area contributed by atoms with Gasteiger partial charge in [0.05, 0.1) is 22.1 Å². The van der Waals surface area contributed by atoms with E-state index in [0.717, 1.165) is 44.3 Å².